The zero-order valence-corrected chi connectivity index (χ0v) is 18.8. The van der Waals surface area contributed by atoms with E-state index in [9.17, 15) is 9.59 Å². The number of anilines is 3. The highest BCUT2D eigenvalue weighted by atomic mass is 32.2. The number of carbonyl (C=O) groups is 2. The Balaban J connectivity index is 1.21. The van der Waals surface area contributed by atoms with Crippen LogP contribution in [-0.2, 0) is 9.59 Å². The number of nitrogens with zero attached hydrogens (tertiary/aromatic N) is 2. The molecule has 1 aromatic heterocycles. The molecule has 32 heavy (non-hydrogen) atoms. The molecule has 9 nitrogen and oxygen atoms in total. The minimum absolute atomic E-state index is 0.120. The summed E-state index contributed by atoms with van der Waals surface area (Å²) >= 11 is 2.66. The van der Waals surface area contributed by atoms with Gasteiger partial charge in [-0.3, -0.25) is 9.59 Å². The van der Waals surface area contributed by atoms with Crippen molar-refractivity contribution in [1.82, 2.24) is 15.5 Å². The van der Waals surface area contributed by atoms with E-state index < -0.39 is 0 Å². The lowest BCUT2D eigenvalue weighted by Crippen LogP contribution is -2.41. The van der Waals surface area contributed by atoms with Gasteiger partial charge in [-0.05, 0) is 30.3 Å². The predicted octanol–water partition coefficient (Wildman–Crippen LogP) is 3.29. The van der Waals surface area contributed by atoms with Crippen molar-refractivity contribution < 1.29 is 19.1 Å². The van der Waals surface area contributed by atoms with Gasteiger partial charge in [-0.15, -0.1) is 10.2 Å². The molecule has 0 spiro atoms. The Morgan fingerprint density at radius 2 is 1.94 bits per heavy atom. The largest absolute Gasteiger partial charge is 0.486 e. The number of benzene rings is 2. The number of amides is 2. The average Bonchev–Trinajstić information content (AvgIpc) is 3.23. The third kappa shape index (κ3) is 6.11. The smallest absolute Gasteiger partial charge is 0.230 e. The Hall–Kier alpha value is -3.31. The van der Waals surface area contributed by atoms with Crippen LogP contribution in [0.25, 0.3) is 0 Å². The lowest BCUT2D eigenvalue weighted by atomic mass is 10.2. The number of aromatic nitrogens is 2. The van der Waals surface area contributed by atoms with Gasteiger partial charge in [0, 0.05) is 18.3 Å². The maximum Gasteiger partial charge on any atom is 0.230 e. The van der Waals surface area contributed by atoms with E-state index in [4.69, 9.17) is 9.47 Å². The molecule has 1 atom stereocenters. The third-order valence-electron chi connectivity index (χ3n) is 4.26. The molecule has 0 saturated carbocycles. The summed E-state index contributed by atoms with van der Waals surface area (Å²) in [4.78, 5) is 23.4. The van der Waals surface area contributed by atoms with Gasteiger partial charge in [-0.2, -0.15) is 0 Å². The maximum absolute atomic E-state index is 12.2. The zero-order chi connectivity index (χ0) is 22.3. The van der Waals surface area contributed by atoms with E-state index in [0.717, 1.165) is 5.69 Å². The van der Waals surface area contributed by atoms with Crippen LogP contribution in [0.4, 0.5) is 16.5 Å². The van der Waals surface area contributed by atoms with Crippen LogP contribution >= 0.6 is 23.1 Å². The highest BCUT2D eigenvalue weighted by Crippen LogP contribution is 2.31. The molecule has 1 aliphatic rings. The van der Waals surface area contributed by atoms with Crippen molar-refractivity contribution in [3.8, 4) is 11.5 Å². The number of hydrogen-bond donors (Lipinski definition) is 3. The van der Waals surface area contributed by atoms with Crippen molar-refractivity contribution in [2.75, 3.05) is 29.5 Å². The maximum atomic E-state index is 12.2. The van der Waals surface area contributed by atoms with Crippen LogP contribution in [-0.4, -0.2) is 47.0 Å². The van der Waals surface area contributed by atoms with Gasteiger partial charge in [-0.25, -0.2) is 0 Å². The molecule has 166 valence electrons. The minimum Gasteiger partial charge on any atom is -0.486 e. The molecule has 1 unspecified atom stereocenters. The van der Waals surface area contributed by atoms with Gasteiger partial charge in [0.2, 0.25) is 16.9 Å². The number of fused-ring (bicyclic) bond motifs is 1. The molecule has 2 amide bonds. The van der Waals surface area contributed by atoms with Crippen LogP contribution in [0.15, 0.2) is 52.9 Å². The zero-order valence-electron chi connectivity index (χ0n) is 17.2. The van der Waals surface area contributed by atoms with Crippen LogP contribution in [0.1, 0.15) is 6.92 Å². The van der Waals surface area contributed by atoms with E-state index in [0.29, 0.717) is 39.8 Å². The molecule has 0 fully saturated rings. The Labute approximate surface area is 192 Å². The minimum atomic E-state index is -0.232. The molecule has 3 aromatic rings. The number of thioether (sulfide) groups is 1. The van der Waals surface area contributed by atoms with E-state index in [2.05, 4.69) is 26.1 Å². The second kappa shape index (κ2) is 10.3. The van der Waals surface area contributed by atoms with E-state index >= 15 is 0 Å². The van der Waals surface area contributed by atoms with Gasteiger partial charge in [0.25, 0.3) is 0 Å². The molecule has 0 saturated heterocycles. The third-order valence-corrected chi connectivity index (χ3v) is 6.23. The molecular weight excluding hydrogens is 450 g/mol. The molecule has 1 aliphatic heterocycles. The molecule has 11 heteroatoms. The van der Waals surface area contributed by atoms with Gasteiger partial charge in [0.15, 0.2) is 15.8 Å². The van der Waals surface area contributed by atoms with Gasteiger partial charge >= 0.3 is 0 Å². The first-order valence-corrected chi connectivity index (χ1v) is 11.6. The monoisotopic (exact) mass is 471 g/mol. The second-order valence-corrected chi connectivity index (χ2v) is 9.05. The van der Waals surface area contributed by atoms with Crippen molar-refractivity contribution in [2.24, 2.45) is 0 Å². The summed E-state index contributed by atoms with van der Waals surface area (Å²) in [5.74, 6) is 1.36. The van der Waals surface area contributed by atoms with Gasteiger partial charge in [0.1, 0.15) is 12.7 Å². The fourth-order valence-electron chi connectivity index (χ4n) is 2.89. The molecule has 0 aliphatic carbocycles. The van der Waals surface area contributed by atoms with E-state index in [1.807, 2.05) is 36.4 Å². The molecule has 4 rings (SSSR count). The van der Waals surface area contributed by atoms with E-state index in [1.165, 1.54) is 30.0 Å². The molecule has 2 heterocycles. The predicted molar refractivity (Wildman–Crippen MR) is 124 cm³/mol. The van der Waals surface area contributed by atoms with Crippen molar-refractivity contribution in [2.45, 2.75) is 17.4 Å². The molecule has 3 N–H and O–H groups in total. The van der Waals surface area contributed by atoms with Gasteiger partial charge in [-0.1, -0.05) is 41.3 Å². The summed E-state index contributed by atoms with van der Waals surface area (Å²) in [6, 6.07) is 14.8. The summed E-state index contributed by atoms with van der Waals surface area (Å²) in [5.41, 5.74) is 1.46. The molecule has 2 aromatic carbocycles. The quantitative estimate of drug-likeness (QED) is 0.429. The van der Waals surface area contributed by atoms with Crippen LogP contribution in [0.3, 0.4) is 0 Å². The van der Waals surface area contributed by atoms with E-state index in [-0.39, 0.29) is 23.7 Å². The molecule has 0 radical (unpaired) electrons. The summed E-state index contributed by atoms with van der Waals surface area (Å²) in [7, 11) is 0. The summed E-state index contributed by atoms with van der Waals surface area (Å²) < 4.78 is 12.2. The number of rotatable bonds is 8. The number of hydrogen-bond acceptors (Lipinski definition) is 9. The number of nitrogens with one attached hydrogen (secondary N) is 3. The first-order chi connectivity index (χ1) is 15.5. The Morgan fingerprint density at radius 1 is 1.12 bits per heavy atom. The first kappa shape index (κ1) is 21.9. The van der Waals surface area contributed by atoms with Gasteiger partial charge < -0.3 is 25.4 Å². The lowest BCUT2D eigenvalue weighted by molar-refractivity contribution is -0.119. The van der Waals surface area contributed by atoms with Crippen molar-refractivity contribution >= 4 is 51.4 Å². The SMILES string of the molecule is CC(=O)Nc1cccc(Nc2nnc(SCC(=O)NCC3COc4ccccc4O3)s2)c1. The standard InChI is InChI=1S/C21H21N5O4S2/c1-13(27)23-14-5-4-6-15(9-14)24-20-25-26-21(32-20)31-12-19(28)22-10-16-11-29-17-7-2-3-8-18(17)30-16/h2-9,16H,10-12H2,1H3,(H,22,28)(H,23,27)(H,24,25). The highest BCUT2D eigenvalue weighted by Gasteiger charge is 2.21. The van der Waals surface area contributed by atoms with Crippen molar-refractivity contribution in [3.63, 3.8) is 0 Å². The fraction of sp³-hybridized carbons (Fsp3) is 0.238. The van der Waals surface area contributed by atoms with Crippen LogP contribution in [0.5, 0.6) is 11.5 Å². The topological polar surface area (TPSA) is 114 Å². The highest BCUT2D eigenvalue weighted by molar-refractivity contribution is 8.01. The number of ether oxygens (including phenoxy) is 2. The molecule has 0 bridgehead atoms. The van der Waals surface area contributed by atoms with Crippen LogP contribution in [0, 0.1) is 0 Å². The Morgan fingerprint density at radius 3 is 2.78 bits per heavy atom. The number of para-hydroxylation sites is 2. The molecular formula is C21H21N5O4S2. The van der Waals surface area contributed by atoms with Crippen LogP contribution in [0.2, 0.25) is 0 Å². The number of carbonyl (C=O) groups excluding carboxylic acids is 2. The average molecular weight is 472 g/mol. The van der Waals surface area contributed by atoms with Gasteiger partial charge in [0.05, 0.1) is 12.3 Å². The Kier molecular flexibility index (Phi) is 7.07. The first-order valence-electron chi connectivity index (χ1n) is 9.81. The van der Waals surface area contributed by atoms with Crippen molar-refractivity contribution in [1.29, 1.82) is 0 Å². The van der Waals surface area contributed by atoms with Crippen molar-refractivity contribution in [3.05, 3.63) is 48.5 Å². The summed E-state index contributed by atoms with van der Waals surface area (Å²) in [5, 5.41) is 17.6. The second-order valence-electron chi connectivity index (χ2n) is 6.85. The fourth-order valence-corrected chi connectivity index (χ4v) is 4.49. The lowest BCUT2D eigenvalue weighted by Gasteiger charge is -2.26. The van der Waals surface area contributed by atoms with E-state index in [1.54, 1.807) is 12.1 Å². The van der Waals surface area contributed by atoms with Crippen LogP contribution < -0.4 is 25.4 Å². The Bertz CT molecular complexity index is 1110. The summed E-state index contributed by atoms with van der Waals surface area (Å²) in [6.07, 6.45) is -0.232. The summed E-state index contributed by atoms with van der Waals surface area (Å²) in [6.45, 7) is 2.21. The normalized spacial score (nSPS) is 14.5.